The molecule has 2 aromatic rings. The number of rotatable bonds is 4. The van der Waals surface area contributed by atoms with Crippen LogP contribution in [0.1, 0.15) is 22.8 Å². The number of nitrogen functional groups attached to an aromatic ring is 1. The minimum Gasteiger partial charge on any atom is -0.478 e. The highest BCUT2D eigenvalue weighted by Gasteiger charge is 2.17. The lowest BCUT2D eigenvalue weighted by atomic mass is 10.2. The number of hydrogen-bond donors (Lipinski definition) is 2. The molecule has 0 spiro atoms. The van der Waals surface area contributed by atoms with Gasteiger partial charge in [-0.05, 0) is 32.0 Å². The number of nitrogens with two attached hydrogens (primary N) is 1. The number of nitrogens with zero attached hydrogens (tertiary/aromatic N) is 2. The van der Waals surface area contributed by atoms with E-state index in [2.05, 4.69) is 4.98 Å². The van der Waals surface area contributed by atoms with Crippen LogP contribution in [0.2, 0.25) is 0 Å². The summed E-state index contributed by atoms with van der Waals surface area (Å²) in [6, 6.07) is 9.33. The number of aryl methyl sites for hydroxylation is 1. The molecule has 0 aliphatic rings. The number of aromatic carboxylic acids is 1. The van der Waals surface area contributed by atoms with Gasteiger partial charge >= 0.3 is 5.97 Å². The molecule has 5 nitrogen and oxygen atoms in total. The van der Waals surface area contributed by atoms with E-state index in [1.807, 2.05) is 43.0 Å². The fraction of sp³-hybridized carbons (Fsp3) is 0.200. The van der Waals surface area contributed by atoms with Crippen molar-refractivity contribution in [1.29, 1.82) is 0 Å². The van der Waals surface area contributed by atoms with Crippen LogP contribution in [0.4, 0.5) is 17.2 Å². The van der Waals surface area contributed by atoms with Crippen LogP contribution in [0.15, 0.2) is 36.5 Å². The van der Waals surface area contributed by atoms with E-state index in [4.69, 9.17) is 10.8 Å². The molecular formula is C15H17N3O2. The summed E-state index contributed by atoms with van der Waals surface area (Å²) in [6.45, 7) is 4.62. The number of carboxylic acids is 1. The van der Waals surface area contributed by atoms with Gasteiger partial charge in [-0.25, -0.2) is 9.78 Å². The molecule has 0 aliphatic heterocycles. The van der Waals surface area contributed by atoms with Crippen molar-refractivity contribution in [2.45, 2.75) is 13.8 Å². The molecule has 1 heterocycles. The maximum Gasteiger partial charge on any atom is 0.337 e. The van der Waals surface area contributed by atoms with Crippen molar-refractivity contribution in [1.82, 2.24) is 4.98 Å². The molecule has 0 aliphatic carbocycles. The van der Waals surface area contributed by atoms with E-state index in [1.54, 1.807) is 0 Å². The largest absolute Gasteiger partial charge is 0.478 e. The molecule has 3 N–H and O–H groups in total. The summed E-state index contributed by atoms with van der Waals surface area (Å²) < 4.78 is 0. The Bertz CT molecular complexity index is 624. The number of carbonyl (C=O) groups is 1. The molecule has 5 heteroatoms. The molecule has 20 heavy (non-hydrogen) atoms. The van der Waals surface area contributed by atoms with E-state index in [-0.39, 0.29) is 11.3 Å². The lowest BCUT2D eigenvalue weighted by Crippen LogP contribution is -2.20. The van der Waals surface area contributed by atoms with Crippen molar-refractivity contribution < 1.29 is 9.90 Å². The normalized spacial score (nSPS) is 10.3. The van der Waals surface area contributed by atoms with E-state index in [9.17, 15) is 4.79 Å². The molecule has 0 fully saturated rings. The summed E-state index contributed by atoms with van der Waals surface area (Å²) in [5, 5.41) is 9.13. The van der Waals surface area contributed by atoms with E-state index >= 15 is 0 Å². The second kappa shape index (κ2) is 5.61. The highest BCUT2D eigenvalue weighted by atomic mass is 16.4. The van der Waals surface area contributed by atoms with Crippen LogP contribution in [0, 0.1) is 6.92 Å². The second-order valence-electron chi connectivity index (χ2n) is 4.48. The molecular weight excluding hydrogens is 254 g/mol. The van der Waals surface area contributed by atoms with Gasteiger partial charge in [0.2, 0.25) is 0 Å². The van der Waals surface area contributed by atoms with Gasteiger partial charge in [-0.3, -0.25) is 0 Å². The lowest BCUT2D eigenvalue weighted by molar-refractivity contribution is 0.0698. The smallest absolute Gasteiger partial charge is 0.337 e. The highest BCUT2D eigenvalue weighted by Crippen LogP contribution is 2.30. The van der Waals surface area contributed by atoms with Gasteiger partial charge in [-0.2, -0.15) is 0 Å². The van der Waals surface area contributed by atoms with Crippen LogP contribution in [0.5, 0.6) is 0 Å². The molecule has 1 aromatic carbocycles. The minimum absolute atomic E-state index is 0.0700. The molecule has 104 valence electrons. The van der Waals surface area contributed by atoms with E-state index in [0.717, 1.165) is 11.3 Å². The van der Waals surface area contributed by atoms with Crippen LogP contribution in [-0.4, -0.2) is 22.6 Å². The number of anilines is 3. The van der Waals surface area contributed by atoms with Crippen molar-refractivity contribution in [3.8, 4) is 0 Å². The average Bonchev–Trinajstić information content (AvgIpc) is 2.43. The maximum absolute atomic E-state index is 11.1. The predicted molar refractivity (Wildman–Crippen MR) is 79.5 cm³/mol. The van der Waals surface area contributed by atoms with Crippen LogP contribution in [-0.2, 0) is 0 Å². The zero-order valence-electron chi connectivity index (χ0n) is 11.5. The van der Waals surface area contributed by atoms with Gasteiger partial charge in [0, 0.05) is 18.4 Å². The summed E-state index contributed by atoms with van der Waals surface area (Å²) in [6.07, 6.45) is 1.46. The molecule has 0 bridgehead atoms. The number of benzene rings is 1. The fourth-order valence-corrected chi connectivity index (χ4v) is 2.04. The second-order valence-corrected chi connectivity index (χ2v) is 4.48. The Kier molecular flexibility index (Phi) is 3.89. The van der Waals surface area contributed by atoms with Gasteiger partial charge in [-0.15, -0.1) is 0 Å². The Balaban J connectivity index is 2.49. The Morgan fingerprint density at radius 1 is 1.30 bits per heavy atom. The summed E-state index contributed by atoms with van der Waals surface area (Å²) in [5.74, 6) is -0.581. The SMILES string of the molecule is CCN(c1ccc(C)cc1)c1nccc(C(=O)O)c1N. The summed E-state index contributed by atoms with van der Waals surface area (Å²) in [5.41, 5.74) is 8.28. The third-order valence-corrected chi connectivity index (χ3v) is 3.12. The molecule has 0 radical (unpaired) electrons. The highest BCUT2D eigenvalue weighted by molar-refractivity contribution is 5.97. The quantitative estimate of drug-likeness (QED) is 0.893. The van der Waals surface area contributed by atoms with Crippen molar-refractivity contribution in [3.63, 3.8) is 0 Å². The van der Waals surface area contributed by atoms with Crippen molar-refractivity contribution in [2.75, 3.05) is 17.2 Å². The van der Waals surface area contributed by atoms with Crippen LogP contribution in [0.3, 0.4) is 0 Å². The number of hydrogen-bond acceptors (Lipinski definition) is 4. The van der Waals surface area contributed by atoms with Crippen LogP contribution >= 0.6 is 0 Å². The first-order valence-corrected chi connectivity index (χ1v) is 6.36. The monoisotopic (exact) mass is 271 g/mol. The van der Waals surface area contributed by atoms with E-state index in [1.165, 1.54) is 12.3 Å². The zero-order chi connectivity index (χ0) is 14.7. The van der Waals surface area contributed by atoms with Crippen molar-refractivity contribution in [3.05, 3.63) is 47.7 Å². The van der Waals surface area contributed by atoms with Crippen molar-refractivity contribution >= 4 is 23.2 Å². The van der Waals surface area contributed by atoms with Gasteiger partial charge in [0.15, 0.2) is 5.82 Å². The zero-order valence-corrected chi connectivity index (χ0v) is 11.5. The lowest BCUT2D eigenvalue weighted by Gasteiger charge is -2.24. The predicted octanol–water partition coefficient (Wildman–Crippen LogP) is 2.83. The minimum atomic E-state index is -1.05. The Morgan fingerprint density at radius 3 is 2.50 bits per heavy atom. The topological polar surface area (TPSA) is 79.5 Å². The van der Waals surface area contributed by atoms with Gasteiger partial charge in [0.1, 0.15) is 0 Å². The molecule has 0 saturated heterocycles. The number of carboxylic acid groups (broad SMARTS) is 1. The van der Waals surface area contributed by atoms with Gasteiger partial charge < -0.3 is 15.7 Å². The van der Waals surface area contributed by atoms with Gasteiger partial charge in [0.25, 0.3) is 0 Å². The molecule has 0 amide bonds. The Morgan fingerprint density at radius 2 is 1.95 bits per heavy atom. The molecule has 2 rings (SSSR count). The Hall–Kier alpha value is -2.56. The van der Waals surface area contributed by atoms with Crippen LogP contribution < -0.4 is 10.6 Å². The molecule has 1 aromatic heterocycles. The first kappa shape index (κ1) is 13.9. The summed E-state index contributed by atoms with van der Waals surface area (Å²) in [4.78, 5) is 17.3. The van der Waals surface area contributed by atoms with Crippen LogP contribution in [0.25, 0.3) is 0 Å². The number of aromatic nitrogens is 1. The fourth-order valence-electron chi connectivity index (χ4n) is 2.04. The first-order chi connectivity index (χ1) is 9.54. The van der Waals surface area contributed by atoms with Crippen molar-refractivity contribution in [2.24, 2.45) is 0 Å². The summed E-state index contributed by atoms with van der Waals surface area (Å²) >= 11 is 0. The molecule has 0 saturated carbocycles. The van der Waals surface area contributed by atoms with E-state index in [0.29, 0.717) is 12.4 Å². The van der Waals surface area contributed by atoms with Gasteiger partial charge in [0.05, 0.1) is 11.3 Å². The maximum atomic E-state index is 11.1. The summed E-state index contributed by atoms with van der Waals surface area (Å²) in [7, 11) is 0. The average molecular weight is 271 g/mol. The Labute approximate surface area is 117 Å². The molecule has 0 atom stereocenters. The third kappa shape index (κ3) is 2.56. The molecule has 0 unspecified atom stereocenters. The third-order valence-electron chi connectivity index (χ3n) is 3.12. The number of pyridine rings is 1. The first-order valence-electron chi connectivity index (χ1n) is 6.36. The standard InChI is InChI=1S/C15H17N3O2/c1-3-18(11-6-4-10(2)5-7-11)14-13(16)12(15(19)20)8-9-17-14/h4-9H,3,16H2,1-2H3,(H,19,20). The van der Waals surface area contributed by atoms with Gasteiger partial charge in [-0.1, -0.05) is 17.7 Å². The van der Waals surface area contributed by atoms with E-state index < -0.39 is 5.97 Å².